The molecule has 2 aromatic heterocycles. The lowest BCUT2D eigenvalue weighted by Crippen LogP contribution is -2.11. The molecule has 4 nitrogen and oxygen atoms in total. The molecule has 1 aliphatic carbocycles. The summed E-state index contributed by atoms with van der Waals surface area (Å²) in [6, 6.07) is 16.6. The number of para-hydroxylation sites is 1. The van der Waals surface area contributed by atoms with Crippen LogP contribution in [0.4, 0.5) is 5.69 Å². The molecule has 4 heteroatoms. The second-order valence-electron chi connectivity index (χ2n) is 5.86. The molecule has 0 bridgehead atoms. The first kappa shape index (κ1) is 13.8. The van der Waals surface area contributed by atoms with E-state index in [1.165, 1.54) is 0 Å². The number of fused-ring (bicyclic) bond motifs is 1. The predicted octanol–water partition coefficient (Wildman–Crippen LogP) is 3.78. The monoisotopic (exact) mass is 304 g/mol. The molecule has 114 valence electrons. The van der Waals surface area contributed by atoms with E-state index in [-0.39, 0.29) is 17.6 Å². The van der Waals surface area contributed by atoms with E-state index < -0.39 is 0 Å². The van der Waals surface area contributed by atoms with Crippen LogP contribution in [0.3, 0.4) is 0 Å². The average Bonchev–Trinajstić information content (AvgIpc) is 3.35. The molecule has 0 saturated heterocycles. The van der Waals surface area contributed by atoms with Crippen LogP contribution in [-0.2, 0) is 0 Å². The highest BCUT2D eigenvalue weighted by atomic mass is 16.1. The number of amides is 1. The molecule has 1 amide bonds. The van der Waals surface area contributed by atoms with Crippen molar-refractivity contribution in [3.63, 3.8) is 0 Å². The van der Waals surface area contributed by atoms with Gasteiger partial charge in [-0.15, -0.1) is 0 Å². The van der Waals surface area contributed by atoms with Gasteiger partial charge in [0, 0.05) is 17.8 Å². The number of aromatic nitrogens is 1. The van der Waals surface area contributed by atoms with Gasteiger partial charge in [-0.3, -0.25) is 9.59 Å². The van der Waals surface area contributed by atoms with Crippen LogP contribution in [0.25, 0.3) is 5.52 Å². The van der Waals surface area contributed by atoms with Crippen molar-refractivity contribution in [2.45, 2.75) is 12.8 Å². The third-order valence-corrected chi connectivity index (χ3v) is 4.15. The number of benzene rings is 1. The minimum absolute atomic E-state index is 0.123. The molecule has 2 heterocycles. The summed E-state index contributed by atoms with van der Waals surface area (Å²) in [4.78, 5) is 25.1. The lowest BCUT2D eigenvalue weighted by molar-refractivity contribution is 0.0962. The number of carbonyl (C=O) groups excluding carboxylic acids is 2. The van der Waals surface area contributed by atoms with Gasteiger partial charge < -0.3 is 9.72 Å². The minimum atomic E-state index is -0.199. The first-order valence-electron chi connectivity index (χ1n) is 7.75. The zero-order valence-electron chi connectivity index (χ0n) is 12.5. The molecule has 1 fully saturated rings. The van der Waals surface area contributed by atoms with E-state index in [1.54, 1.807) is 6.07 Å². The van der Waals surface area contributed by atoms with Crippen LogP contribution in [0.5, 0.6) is 0 Å². The number of hydrogen-bond acceptors (Lipinski definition) is 2. The smallest absolute Gasteiger partial charge is 0.257 e. The van der Waals surface area contributed by atoms with E-state index in [9.17, 15) is 9.59 Å². The number of nitrogens with one attached hydrogen (secondary N) is 1. The third kappa shape index (κ3) is 2.52. The molecule has 3 aromatic rings. The summed E-state index contributed by atoms with van der Waals surface area (Å²) in [6.45, 7) is 0. The Morgan fingerprint density at radius 1 is 1.00 bits per heavy atom. The molecular weight excluding hydrogens is 288 g/mol. The highest BCUT2D eigenvalue weighted by molar-refractivity contribution is 6.12. The van der Waals surface area contributed by atoms with Crippen molar-refractivity contribution >= 4 is 22.9 Å². The van der Waals surface area contributed by atoms with Gasteiger partial charge in [0.05, 0.1) is 16.8 Å². The Morgan fingerprint density at radius 3 is 2.48 bits per heavy atom. The number of ketones is 1. The van der Waals surface area contributed by atoms with Crippen LogP contribution in [0.1, 0.15) is 33.7 Å². The van der Waals surface area contributed by atoms with Gasteiger partial charge in [-0.25, -0.2) is 0 Å². The van der Waals surface area contributed by atoms with Crippen LogP contribution in [0.2, 0.25) is 0 Å². The second-order valence-corrected chi connectivity index (χ2v) is 5.86. The maximum absolute atomic E-state index is 12.6. The molecule has 1 saturated carbocycles. The van der Waals surface area contributed by atoms with Gasteiger partial charge in [-0.1, -0.05) is 24.3 Å². The summed E-state index contributed by atoms with van der Waals surface area (Å²) in [5.41, 5.74) is 2.62. The van der Waals surface area contributed by atoms with Crippen LogP contribution >= 0.6 is 0 Å². The highest BCUT2D eigenvalue weighted by Crippen LogP contribution is 2.33. The van der Waals surface area contributed by atoms with Gasteiger partial charge in [0.1, 0.15) is 0 Å². The van der Waals surface area contributed by atoms with E-state index >= 15 is 0 Å². The van der Waals surface area contributed by atoms with Crippen molar-refractivity contribution in [1.82, 2.24) is 4.40 Å². The van der Waals surface area contributed by atoms with E-state index in [0.717, 1.165) is 24.0 Å². The maximum atomic E-state index is 12.6. The Kier molecular flexibility index (Phi) is 3.23. The predicted molar refractivity (Wildman–Crippen MR) is 88.8 cm³/mol. The first-order chi connectivity index (χ1) is 11.2. The average molecular weight is 304 g/mol. The Morgan fingerprint density at radius 2 is 1.74 bits per heavy atom. The zero-order chi connectivity index (χ0) is 15.8. The van der Waals surface area contributed by atoms with Crippen LogP contribution in [0.15, 0.2) is 60.8 Å². The number of anilines is 1. The molecule has 1 N–H and O–H groups in total. The summed E-state index contributed by atoms with van der Waals surface area (Å²) >= 11 is 0. The largest absolute Gasteiger partial charge is 0.322 e. The molecule has 23 heavy (non-hydrogen) atoms. The number of pyridine rings is 1. The summed E-state index contributed by atoms with van der Waals surface area (Å²) in [5, 5.41) is 2.88. The summed E-state index contributed by atoms with van der Waals surface area (Å²) in [5.74, 6) is 0.0537. The summed E-state index contributed by atoms with van der Waals surface area (Å²) in [7, 11) is 0. The molecule has 0 unspecified atom stereocenters. The fourth-order valence-electron chi connectivity index (χ4n) is 2.80. The first-order valence-corrected chi connectivity index (χ1v) is 7.75. The minimum Gasteiger partial charge on any atom is -0.322 e. The quantitative estimate of drug-likeness (QED) is 0.746. The molecular formula is C19H16N2O2. The van der Waals surface area contributed by atoms with Gasteiger partial charge in [-0.05, 0) is 43.2 Å². The zero-order valence-corrected chi connectivity index (χ0v) is 12.5. The Balaban J connectivity index is 1.74. The van der Waals surface area contributed by atoms with Gasteiger partial charge in [0.15, 0.2) is 5.78 Å². The van der Waals surface area contributed by atoms with Gasteiger partial charge >= 0.3 is 0 Å². The topological polar surface area (TPSA) is 50.6 Å². The molecule has 0 atom stereocenters. The van der Waals surface area contributed by atoms with Crippen molar-refractivity contribution < 1.29 is 9.59 Å². The number of Topliss-reactive ketones (excluding diaryl/α,β-unsaturated/α-hetero) is 1. The van der Waals surface area contributed by atoms with Crippen molar-refractivity contribution in [1.29, 1.82) is 0 Å². The maximum Gasteiger partial charge on any atom is 0.257 e. The molecule has 0 spiro atoms. The molecule has 0 aliphatic heterocycles. The normalized spacial score (nSPS) is 13.9. The van der Waals surface area contributed by atoms with Crippen LogP contribution in [-0.4, -0.2) is 16.1 Å². The van der Waals surface area contributed by atoms with Crippen molar-refractivity contribution in [2.24, 2.45) is 5.92 Å². The molecule has 0 radical (unpaired) electrons. The van der Waals surface area contributed by atoms with Crippen molar-refractivity contribution in [3.05, 3.63) is 72.1 Å². The van der Waals surface area contributed by atoms with E-state index in [1.807, 2.05) is 59.1 Å². The molecule has 4 rings (SSSR count). The summed E-state index contributed by atoms with van der Waals surface area (Å²) in [6.07, 6.45) is 3.74. The Labute approximate surface area is 133 Å². The van der Waals surface area contributed by atoms with Crippen LogP contribution < -0.4 is 5.32 Å². The number of hydrogen-bond donors (Lipinski definition) is 1. The van der Waals surface area contributed by atoms with Crippen molar-refractivity contribution in [2.75, 3.05) is 5.32 Å². The number of nitrogens with zero attached hydrogens (tertiary/aromatic N) is 1. The SMILES string of the molecule is O=C(Nc1ccccc1)c1cc(C(=O)C2CC2)n2ccccc12. The second kappa shape index (κ2) is 5.39. The van der Waals surface area contributed by atoms with Crippen LogP contribution in [0, 0.1) is 5.92 Å². The number of carbonyl (C=O) groups is 2. The molecule has 1 aliphatic rings. The molecule has 1 aromatic carbocycles. The third-order valence-electron chi connectivity index (χ3n) is 4.15. The van der Waals surface area contributed by atoms with Crippen molar-refractivity contribution in [3.8, 4) is 0 Å². The number of rotatable bonds is 4. The standard InChI is InChI=1S/C19H16N2O2/c22-18(13-9-10-13)17-12-15(16-8-4-5-11-21(16)17)19(23)20-14-6-2-1-3-7-14/h1-8,11-13H,9-10H2,(H,20,23). The fourth-order valence-corrected chi connectivity index (χ4v) is 2.80. The lowest BCUT2D eigenvalue weighted by Gasteiger charge is -2.04. The van der Waals surface area contributed by atoms with E-state index in [2.05, 4.69) is 5.32 Å². The van der Waals surface area contributed by atoms with E-state index in [0.29, 0.717) is 11.3 Å². The van der Waals surface area contributed by atoms with Gasteiger partial charge in [0.2, 0.25) is 0 Å². The van der Waals surface area contributed by atoms with Gasteiger partial charge in [-0.2, -0.15) is 0 Å². The fraction of sp³-hybridized carbons (Fsp3) is 0.158. The lowest BCUT2D eigenvalue weighted by atomic mass is 10.1. The summed E-state index contributed by atoms with van der Waals surface area (Å²) < 4.78 is 1.82. The van der Waals surface area contributed by atoms with E-state index in [4.69, 9.17) is 0 Å². The Hall–Kier alpha value is -2.88. The Bertz CT molecular complexity index is 892. The van der Waals surface area contributed by atoms with Gasteiger partial charge in [0.25, 0.3) is 5.91 Å². The highest BCUT2D eigenvalue weighted by Gasteiger charge is 2.33.